The van der Waals surface area contributed by atoms with Crippen LogP contribution in [-0.2, 0) is 13.1 Å². The third-order valence-corrected chi connectivity index (χ3v) is 3.37. The Labute approximate surface area is 117 Å². The van der Waals surface area contributed by atoms with Crippen molar-refractivity contribution in [2.45, 2.75) is 51.5 Å². The molecule has 1 aliphatic rings. The number of alkyl halides is 3. The second kappa shape index (κ2) is 6.63. The maximum absolute atomic E-state index is 12.6. The highest BCUT2D eigenvalue weighted by atomic mass is 19.4. The van der Waals surface area contributed by atoms with E-state index in [9.17, 15) is 13.2 Å². The van der Waals surface area contributed by atoms with E-state index in [-0.39, 0.29) is 12.6 Å². The lowest BCUT2D eigenvalue weighted by Crippen LogP contribution is -2.35. The van der Waals surface area contributed by atoms with Crippen molar-refractivity contribution in [3.63, 3.8) is 0 Å². The monoisotopic (exact) mass is 290 g/mol. The first kappa shape index (κ1) is 15.4. The summed E-state index contributed by atoms with van der Waals surface area (Å²) in [7, 11) is 0. The van der Waals surface area contributed by atoms with Gasteiger partial charge < -0.3 is 9.73 Å². The summed E-state index contributed by atoms with van der Waals surface area (Å²) in [5, 5.41) is 3.24. The Kier molecular flexibility index (Phi) is 5.10. The molecule has 1 saturated carbocycles. The fourth-order valence-electron chi connectivity index (χ4n) is 2.23. The fourth-order valence-corrected chi connectivity index (χ4v) is 2.23. The summed E-state index contributed by atoms with van der Waals surface area (Å²) in [4.78, 5) is 1.47. The van der Waals surface area contributed by atoms with Gasteiger partial charge >= 0.3 is 6.18 Å². The number of nitrogens with zero attached hydrogens (tertiary/aromatic N) is 1. The number of hydrogen-bond acceptors (Lipinski definition) is 3. The van der Waals surface area contributed by atoms with Crippen molar-refractivity contribution in [2.75, 3.05) is 13.1 Å². The molecule has 20 heavy (non-hydrogen) atoms. The standard InChI is InChI=1S/C14H21F3N2O/c1-2-6-18-8-11-5-7-20-13(11)9-19(12-3-4-12)10-14(15,16)17/h5,7,12,18H,2-4,6,8-10H2,1H3. The van der Waals surface area contributed by atoms with Crippen LogP contribution in [0, 0.1) is 0 Å². The Balaban J connectivity index is 1.94. The molecule has 1 N–H and O–H groups in total. The van der Waals surface area contributed by atoms with E-state index < -0.39 is 12.7 Å². The molecule has 0 bridgehead atoms. The highest BCUT2D eigenvalue weighted by Crippen LogP contribution is 2.32. The minimum atomic E-state index is -4.16. The van der Waals surface area contributed by atoms with Crippen LogP contribution in [-0.4, -0.2) is 30.2 Å². The second-order valence-electron chi connectivity index (χ2n) is 5.30. The van der Waals surface area contributed by atoms with Gasteiger partial charge in [-0.1, -0.05) is 6.92 Å². The number of rotatable bonds is 8. The lowest BCUT2D eigenvalue weighted by atomic mass is 10.2. The minimum absolute atomic E-state index is 0.0539. The number of halogens is 3. The molecule has 1 heterocycles. The van der Waals surface area contributed by atoms with E-state index in [1.807, 2.05) is 6.07 Å². The summed E-state index contributed by atoms with van der Waals surface area (Å²) in [5.74, 6) is 0.643. The fraction of sp³-hybridized carbons (Fsp3) is 0.714. The number of nitrogens with one attached hydrogen (secondary N) is 1. The Bertz CT molecular complexity index is 413. The van der Waals surface area contributed by atoms with Crippen LogP contribution in [0.2, 0.25) is 0 Å². The molecule has 0 aliphatic heterocycles. The zero-order chi connectivity index (χ0) is 14.6. The molecule has 0 atom stereocenters. The molecular formula is C14H21F3N2O. The zero-order valence-corrected chi connectivity index (χ0v) is 11.7. The average Bonchev–Trinajstić information content (AvgIpc) is 3.11. The molecule has 1 aromatic rings. The highest BCUT2D eigenvalue weighted by molar-refractivity contribution is 5.17. The van der Waals surface area contributed by atoms with E-state index in [0.29, 0.717) is 12.3 Å². The van der Waals surface area contributed by atoms with Crippen molar-refractivity contribution in [1.29, 1.82) is 0 Å². The molecule has 1 aromatic heterocycles. The number of hydrogen-bond donors (Lipinski definition) is 1. The number of furan rings is 1. The third-order valence-electron chi connectivity index (χ3n) is 3.37. The molecule has 0 unspecified atom stereocenters. The molecule has 0 amide bonds. The molecule has 0 spiro atoms. The van der Waals surface area contributed by atoms with Gasteiger partial charge in [-0.25, -0.2) is 0 Å². The Morgan fingerprint density at radius 1 is 1.40 bits per heavy atom. The van der Waals surface area contributed by atoms with E-state index >= 15 is 0 Å². The van der Waals surface area contributed by atoms with E-state index in [0.717, 1.165) is 31.4 Å². The van der Waals surface area contributed by atoms with Crippen molar-refractivity contribution in [2.24, 2.45) is 0 Å². The van der Waals surface area contributed by atoms with Crippen LogP contribution >= 0.6 is 0 Å². The van der Waals surface area contributed by atoms with Crippen LogP contribution in [0.3, 0.4) is 0 Å². The molecule has 6 heteroatoms. The van der Waals surface area contributed by atoms with Gasteiger partial charge in [0, 0.05) is 18.2 Å². The van der Waals surface area contributed by atoms with Gasteiger partial charge in [-0.3, -0.25) is 4.90 Å². The first-order valence-electron chi connectivity index (χ1n) is 7.06. The first-order valence-corrected chi connectivity index (χ1v) is 7.06. The van der Waals surface area contributed by atoms with Gasteiger partial charge in [0.2, 0.25) is 0 Å². The van der Waals surface area contributed by atoms with Crippen LogP contribution in [0.1, 0.15) is 37.5 Å². The van der Waals surface area contributed by atoms with Crippen molar-refractivity contribution in [3.8, 4) is 0 Å². The molecule has 0 radical (unpaired) electrons. The lowest BCUT2D eigenvalue weighted by Gasteiger charge is -2.22. The maximum Gasteiger partial charge on any atom is 0.401 e. The van der Waals surface area contributed by atoms with Gasteiger partial charge in [0.1, 0.15) is 5.76 Å². The van der Waals surface area contributed by atoms with Gasteiger partial charge in [0.05, 0.1) is 19.4 Å². The zero-order valence-electron chi connectivity index (χ0n) is 11.7. The van der Waals surface area contributed by atoms with Gasteiger partial charge in [-0.2, -0.15) is 13.2 Å². The van der Waals surface area contributed by atoms with Crippen molar-refractivity contribution in [1.82, 2.24) is 10.2 Å². The van der Waals surface area contributed by atoms with E-state index in [2.05, 4.69) is 12.2 Å². The largest absolute Gasteiger partial charge is 0.468 e. The molecule has 2 rings (SSSR count). The first-order chi connectivity index (χ1) is 9.49. The molecule has 1 aliphatic carbocycles. The summed E-state index contributed by atoms with van der Waals surface area (Å²) in [5.41, 5.74) is 0.950. The summed E-state index contributed by atoms with van der Waals surface area (Å²) in [6.45, 7) is 2.98. The Morgan fingerprint density at radius 3 is 2.75 bits per heavy atom. The molecule has 114 valence electrons. The average molecular weight is 290 g/mol. The summed E-state index contributed by atoms with van der Waals surface area (Å²) < 4.78 is 43.1. The van der Waals surface area contributed by atoms with E-state index in [1.165, 1.54) is 4.90 Å². The van der Waals surface area contributed by atoms with Gasteiger partial charge in [0.15, 0.2) is 0 Å². The highest BCUT2D eigenvalue weighted by Gasteiger charge is 2.38. The summed E-state index contributed by atoms with van der Waals surface area (Å²) in [6.07, 6.45) is 0.114. The molecule has 3 nitrogen and oxygen atoms in total. The molecule has 0 saturated heterocycles. The maximum atomic E-state index is 12.6. The van der Waals surface area contributed by atoms with Crippen molar-refractivity contribution >= 4 is 0 Å². The second-order valence-corrected chi connectivity index (χ2v) is 5.30. The van der Waals surface area contributed by atoms with Crippen LogP contribution in [0.4, 0.5) is 13.2 Å². The SMILES string of the molecule is CCCNCc1ccoc1CN(CC(F)(F)F)C1CC1. The normalized spacial score (nSPS) is 16.1. The Hall–Kier alpha value is -1.01. The van der Waals surface area contributed by atoms with Crippen LogP contribution in [0.15, 0.2) is 16.7 Å². The topological polar surface area (TPSA) is 28.4 Å². The molecule has 1 fully saturated rings. The predicted octanol–water partition coefficient (Wildman–Crippen LogP) is 3.31. The summed E-state index contributed by atoms with van der Waals surface area (Å²) >= 11 is 0. The van der Waals surface area contributed by atoms with Crippen LogP contribution in [0.25, 0.3) is 0 Å². The molecular weight excluding hydrogens is 269 g/mol. The van der Waals surface area contributed by atoms with E-state index in [4.69, 9.17) is 4.42 Å². The third kappa shape index (κ3) is 4.83. The predicted molar refractivity (Wildman–Crippen MR) is 70.2 cm³/mol. The minimum Gasteiger partial charge on any atom is -0.468 e. The van der Waals surface area contributed by atoms with E-state index in [1.54, 1.807) is 6.26 Å². The summed E-state index contributed by atoms with van der Waals surface area (Å²) in [6, 6.07) is 1.88. The van der Waals surface area contributed by atoms with Crippen LogP contribution < -0.4 is 5.32 Å². The van der Waals surface area contributed by atoms with Crippen molar-refractivity contribution < 1.29 is 17.6 Å². The van der Waals surface area contributed by atoms with Gasteiger partial charge in [-0.05, 0) is 31.9 Å². The lowest BCUT2D eigenvalue weighted by molar-refractivity contribution is -0.148. The van der Waals surface area contributed by atoms with Crippen LogP contribution in [0.5, 0.6) is 0 Å². The quantitative estimate of drug-likeness (QED) is 0.745. The van der Waals surface area contributed by atoms with Crippen molar-refractivity contribution in [3.05, 3.63) is 23.7 Å². The Morgan fingerprint density at radius 2 is 2.15 bits per heavy atom. The smallest absolute Gasteiger partial charge is 0.401 e. The molecule has 0 aromatic carbocycles. The van der Waals surface area contributed by atoms with Gasteiger partial charge in [0.25, 0.3) is 0 Å². The van der Waals surface area contributed by atoms with Gasteiger partial charge in [-0.15, -0.1) is 0 Å².